The summed E-state index contributed by atoms with van der Waals surface area (Å²) in [5, 5.41) is 4.21. The predicted octanol–water partition coefficient (Wildman–Crippen LogP) is 3.07. The van der Waals surface area contributed by atoms with Crippen LogP contribution in [0.3, 0.4) is 0 Å². The van der Waals surface area contributed by atoms with E-state index in [4.69, 9.17) is 0 Å². The van der Waals surface area contributed by atoms with Gasteiger partial charge in [-0.25, -0.2) is 0 Å². The fourth-order valence-corrected chi connectivity index (χ4v) is 9.93. The summed E-state index contributed by atoms with van der Waals surface area (Å²) in [5.74, 6) is 0. The molecule has 0 amide bonds. The first-order valence-electron chi connectivity index (χ1n) is 9.07. The molecule has 4 nitrogen and oxygen atoms in total. The van der Waals surface area contributed by atoms with Crippen molar-refractivity contribution >= 4 is 7.87 Å². The summed E-state index contributed by atoms with van der Waals surface area (Å²) in [6.45, 7) is 14.9. The fraction of sp³-hybridized carbons (Fsp3) is 1.00. The number of nitrogens with zero attached hydrogens (tertiary/aromatic N) is 3. The molecule has 3 saturated heterocycles. The Labute approximate surface area is 131 Å². The maximum atomic E-state index is 4.21. The van der Waals surface area contributed by atoms with Gasteiger partial charge in [0.05, 0.1) is 0 Å². The van der Waals surface area contributed by atoms with Crippen LogP contribution in [-0.2, 0) is 0 Å². The molecule has 0 spiro atoms. The Balaban J connectivity index is 1.94. The standard InChI is InChI=1S/C16H35N4P/c1-16(2,3)17-21(18-10-4-5-11-18,19-12-6-7-13-19)20-14-8-9-15-20/h17,21H,4-15H2,1-3H3. The summed E-state index contributed by atoms with van der Waals surface area (Å²) in [7, 11) is -1.88. The third kappa shape index (κ3) is 3.30. The monoisotopic (exact) mass is 314 g/mol. The Hall–Kier alpha value is 0.270. The number of nitrogens with one attached hydrogen (secondary N) is 1. The van der Waals surface area contributed by atoms with Gasteiger partial charge in [0, 0.05) is 0 Å². The van der Waals surface area contributed by atoms with E-state index in [1.54, 1.807) is 0 Å². The number of rotatable bonds is 4. The molecule has 0 atom stereocenters. The van der Waals surface area contributed by atoms with Gasteiger partial charge in [0.1, 0.15) is 0 Å². The van der Waals surface area contributed by atoms with Gasteiger partial charge in [0.25, 0.3) is 0 Å². The molecule has 3 heterocycles. The molecule has 0 aromatic rings. The van der Waals surface area contributed by atoms with E-state index in [-0.39, 0.29) is 5.54 Å². The van der Waals surface area contributed by atoms with Crippen LogP contribution in [0, 0.1) is 0 Å². The second kappa shape index (κ2) is 6.41. The minimum absolute atomic E-state index is 0.194. The van der Waals surface area contributed by atoms with Crippen molar-refractivity contribution < 1.29 is 0 Å². The van der Waals surface area contributed by atoms with Crippen LogP contribution < -0.4 is 5.09 Å². The summed E-state index contributed by atoms with van der Waals surface area (Å²) in [6, 6.07) is 0. The van der Waals surface area contributed by atoms with Crippen LogP contribution in [-0.4, -0.2) is 58.8 Å². The summed E-state index contributed by atoms with van der Waals surface area (Å²) >= 11 is 0. The fourth-order valence-electron chi connectivity index (χ4n) is 4.43. The Morgan fingerprint density at radius 2 is 0.905 bits per heavy atom. The first-order chi connectivity index (χ1) is 10.0. The van der Waals surface area contributed by atoms with Crippen molar-refractivity contribution in [3.63, 3.8) is 0 Å². The van der Waals surface area contributed by atoms with Gasteiger partial charge >= 0.3 is 131 Å². The molecule has 0 bridgehead atoms. The van der Waals surface area contributed by atoms with Crippen LogP contribution in [0.1, 0.15) is 59.3 Å². The first kappa shape index (κ1) is 16.1. The van der Waals surface area contributed by atoms with Gasteiger partial charge in [-0.3, -0.25) is 0 Å². The summed E-state index contributed by atoms with van der Waals surface area (Å²) in [5.41, 5.74) is 0.194. The van der Waals surface area contributed by atoms with Crippen molar-refractivity contribution in [1.29, 1.82) is 0 Å². The third-order valence-corrected chi connectivity index (χ3v) is 10.3. The van der Waals surface area contributed by atoms with E-state index < -0.39 is 7.87 Å². The topological polar surface area (TPSA) is 21.8 Å². The van der Waals surface area contributed by atoms with Gasteiger partial charge in [-0.15, -0.1) is 0 Å². The number of hydrogen-bond donors (Lipinski definition) is 1. The molecular formula is C16H35N4P. The van der Waals surface area contributed by atoms with Gasteiger partial charge in [0.15, 0.2) is 0 Å². The Morgan fingerprint density at radius 3 is 1.14 bits per heavy atom. The van der Waals surface area contributed by atoms with E-state index in [9.17, 15) is 0 Å². The molecule has 0 aromatic heterocycles. The van der Waals surface area contributed by atoms with Crippen molar-refractivity contribution in [1.82, 2.24) is 19.1 Å². The van der Waals surface area contributed by atoms with Crippen LogP contribution >= 0.6 is 7.87 Å². The van der Waals surface area contributed by atoms with Crippen LogP contribution in [0.2, 0.25) is 0 Å². The zero-order valence-electron chi connectivity index (χ0n) is 14.3. The zero-order valence-corrected chi connectivity index (χ0v) is 15.3. The molecule has 1 N–H and O–H groups in total. The molecule has 3 aliphatic heterocycles. The van der Waals surface area contributed by atoms with Crippen LogP contribution in [0.25, 0.3) is 0 Å². The molecule has 0 unspecified atom stereocenters. The summed E-state index contributed by atoms with van der Waals surface area (Å²) in [4.78, 5) is 0. The maximum absolute atomic E-state index is 4.21. The average molecular weight is 314 g/mol. The van der Waals surface area contributed by atoms with Crippen LogP contribution in [0.4, 0.5) is 0 Å². The first-order valence-corrected chi connectivity index (χ1v) is 10.9. The van der Waals surface area contributed by atoms with Gasteiger partial charge in [-0.05, 0) is 0 Å². The number of hydrogen-bond acceptors (Lipinski definition) is 4. The summed E-state index contributed by atoms with van der Waals surface area (Å²) in [6.07, 6.45) is 8.35. The van der Waals surface area contributed by atoms with E-state index in [1.807, 2.05) is 0 Å². The van der Waals surface area contributed by atoms with E-state index in [2.05, 4.69) is 39.9 Å². The van der Waals surface area contributed by atoms with Crippen molar-refractivity contribution in [2.45, 2.75) is 64.8 Å². The van der Waals surface area contributed by atoms with Crippen molar-refractivity contribution in [3.05, 3.63) is 0 Å². The van der Waals surface area contributed by atoms with E-state index in [0.717, 1.165) is 0 Å². The minimum atomic E-state index is -1.88. The third-order valence-electron chi connectivity index (χ3n) is 5.18. The van der Waals surface area contributed by atoms with Crippen molar-refractivity contribution in [3.8, 4) is 0 Å². The van der Waals surface area contributed by atoms with E-state index in [1.165, 1.54) is 77.8 Å². The molecule has 0 radical (unpaired) electrons. The normalized spacial score (nSPS) is 27.8. The Kier molecular flexibility index (Phi) is 4.93. The van der Waals surface area contributed by atoms with Crippen LogP contribution in [0.15, 0.2) is 0 Å². The van der Waals surface area contributed by atoms with Gasteiger partial charge in [0.2, 0.25) is 0 Å². The van der Waals surface area contributed by atoms with E-state index in [0.29, 0.717) is 0 Å². The molecule has 3 fully saturated rings. The summed E-state index contributed by atoms with van der Waals surface area (Å²) < 4.78 is 8.65. The Morgan fingerprint density at radius 1 is 0.619 bits per heavy atom. The van der Waals surface area contributed by atoms with Crippen LogP contribution in [0.5, 0.6) is 0 Å². The predicted molar refractivity (Wildman–Crippen MR) is 93.6 cm³/mol. The molecular weight excluding hydrogens is 279 g/mol. The van der Waals surface area contributed by atoms with Gasteiger partial charge in [-0.1, -0.05) is 0 Å². The molecule has 0 aliphatic carbocycles. The average Bonchev–Trinajstić information content (AvgIpc) is 3.15. The zero-order chi connectivity index (χ0) is 14.9. The Bertz CT molecular complexity index is 296. The second-order valence-electron chi connectivity index (χ2n) is 8.09. The van der Waals surface area contributed by atoms with Gasteiger partial charge < -0.3 is 0 Å². The molecule has 3 aliphatic rings. The molecule has 5 heteroatoms. The molecule has 0 aromatic carbocycles. The van der Waals surface area contributed by atoms with Crippen molar-refractivity contribution in [2.75, 3.05) is 39.3 Å². The molecule has 3 rings (SSSR count). The quantitative estimate of drug-likeness (QED) is 0.805. The van der Waals surface area contributed by atoms with Crippen molar-refractivity contribution in [2.24, 2.45) is 0 Å². The SMILES string of the molecule is CC(C)(C)N[PH](N1CCCC1)(N1CCCC1)N1CCCC1. The van der Waals surface area contributed by atoms with Gasteiger partial charge in [-0.2, -0.15) is 0 Å². The molecule has 124 valence electrons. The molecule has 21 heavy (non-hydrogen) atoms. The molecule has 0 saturated carbocycles. The second-order valence-corrected chi connectivity index (χ2v) is 11.5. The van der Waals surface area contributed by atoms with E-state index >= 15 is 0 Å².